The highest BCUT2D eigenvalue weighted by atomic mass is 16.1. The molecule has 1 aliphatic rings. The fourth-order valence-corrected chi connectivity index (χ4v) is 2.32. The molecule has 94 valence electrons. The van der Waals surface area contributed by atoms with Crippen LogP contribution in [0, 0.1) is 0 Å². The lowest BCUT2D eigenvalue weighted by Gasteiger charge is -2.32. The Balaban J connectivity index is 2.01. The molecule has 1 aliphatic heterocycles. The van der Waals surface area contributed by atoms with Crippen molar-refractivity contribution in [3.8, 4) is 0 Å². The van der Waals surface area contributed by atoms with Crippen LogP contribution in [0.4, 0.5) is 5.82 Å². The Morgan fingerprint density at radius 1 is 1.05 bits per heavy atom. The SMILES string of the molecule is O=C1C=CN(c2ccccn2)C(c2ccccc2)C1. The summed E-state index contributed by atoms with van der Waals surface area (Å²) in [6.45, 7) is 0. The number of anilines is 1. The van der Waals surface area contributed by atoms with E-state index in [1.807, 2.05) is 54.7 Å². The van der Waals surface area contributed by atoms with E-state index in [-0.39, 0.29) is 11.8 Å². The number of ketones is 1. The predicted octanol–water partition coefficient (Wildman–Crippen LogP) is 3.12. The van der Waals surface area contributed by atoms with Gasteiger partial charge >= 0.3 is 0 Å². The molecule has 0 fully saturated rings. The number of rotatable bonds is 2. The molecule has 0 radical (unpaired) electrons. The molecule has 3 rings (SSSR count). The van der Waals surface area contributed by atoms with E-state index >= 15 is 0 Å². The average molecular weight is 250 g/mol. The first kappa shape index (κ1) is 11.7. The molecule has 1 aromatic heterocycles. The average Bonchev–Trinajstić information content (AvgIpc) is 2.49. The molecule has 0 bridgehead atoms. The van der Waals surface area contributed by atoms with Gasteiger partial charge in [0.1, 0.15) is 5.82 Å². The lowest BCUT2D eigenvalue weighted by molar-refractivity contribution is -0.115. The molecule has 0 amide bonds. The molecule has 2 heterocycles. The molecule has 0 saturated heterocycles. The zero-order valence-corrected chi connectivity index (χ0v) is 10.4. The third-order valence-electron chi connectivity index (χ3n) is 3.25. The van der Waals surface area contributed by atoms with Gasteiger partial charge in [-0.1, -0.05) is 36.4 Å². The normalized spacial score (nSPS) is 18.6. The van der Waals surface area contributed by atoms with Crippen molar-refractivity contribution in [1.29, 1.82) is 0 Å². The Morgan fingerprint density at radius 3 is 2.58 bits per heavy atom. The predicted molar refractivity (Wildman–Crippen MR) is 74.7 cm³/mol. The first-order valence-corrected chi connectivity index (χ1v) is 6.30. The number of hydrogen-bond acceptors (Lipinski definition) is 3. The number of carbonyl (C=O) groups excluding carboxylic acids is 1. The minimum atomic E-state index is 0.0219. The number of benzene rings is 1. The summed E-state index contributed by atoms with van der Waals surface area (Å²) in [6.07, 6.45) is 5.69. The van der Waals surface area contributed by atoms with Crippen molar-refractivity contribution in [2.75, 3.05) is 4.90 Å². The van der Waals surface area contributed by atoms with Crippen LogP contribution in [-0.2, 0) is 4.79 Å². The topological polar surface area (TPSA) is 33.2 Å². The molecule has 0 N–H and O–H groups in total. The first-order valence-electron chi connectivity index (χ1n) is 6.30. The largest absolute Gasteiger partial charge is 0.325 e. The van der Waals surface area contributed by atoms with Gasteiger partial charge in [0, 0.05) is 18.8 Å². The molecular weight excluding hydrogens is 236 g/mol. The molecule has 2 aromatic rings. The lowest BCUT2D eigenvalue weighted by atomic mass is 9.97. The maximum absolute atomic E-state index is 11.7. The summed E-state index contributed by atoms with van der Waals surface area (Å²) in [5, 5.41) is 0. The molecule has 1 atom stereocenters. The maximum Gasteiger partial charge on any atom is 0.159 e. The van der Waals surface area contributed by atoms with Gasteiger partial charge in [0.2, 0.25) is 0 Å². The fraction of sp³-hybridized carbons (Fsp3) is 0.125. The van der Waals surface area contributed by atoms with E-state index < -0.39 is 0 Å². The number of nitrogens with zero attached hydrogens (tertiary/aromatic N) is 2. The van der Waals surface area contributed by atoms with Gasteiger partial charge in [0.05, 0.1) is 6.04 Å². The van der Waals surface area contributed by atoms with E-state index in [9.17, 15) is 4.79 Å². The highest BCUT2D eigenvalue weighted by Gasteiger charge is 2.25. The van der Waals surface area contributed by atoms with E-state index in [2.05, 4.69) is 9.88 Å². The van der Waals surface area contributed by atoms with Gasteiger partial charge in [-0.3, -0.25) is 4.79 Å². The van der Waals surface area contributed by atoms with Gasteiger partial charge in [-0.2, -0.15) is 0 Å². The van der Waals surface area contributed by atoms with Crippen molar-refractivity contribution in [2.45, 2.75) is 12.5 Å². The van der Waals surface area contributed by atoms with Gasteiger partial charge in [-0.05, 0) is 23.8 Å². The van der Waals surface area contributed by atoms with Gasteiger partial charge < -0.3 is 4.90 Å². The smallest absolute Gasteiger partial charge is 0.159 e. The second-order valence-corrected chi connectivity index (χ2v) is 4.51. The van der Waals surface area contributed by atoms with Crippen molar-refractivity contribution >= 4 is 11.6 Å². The zero-order valence-electron chi connectivity index (χ0n) is 10.4. The molecular formula is C16H14N2O. The molecule has 19 heavy (non-hydrogen) atoms. The molecule has 3 nitrogen and oxygen atoms in total. The van der Waals surface area contributed by atoms with Crippen molar-refractivity contribution in [1.82, 2.24) is 4.98 Å². The van der Waals surface area contributed by atoms with Crippen LogP contribution in [0.15, 0.2) is 67.0 Å². The Labute approximate surface area is 112 Å². The van der Waals surface area contributed by atoms with Gasteiger partial charge in [0.15, 0.2) is 5.78 Å². The second kappa shape index (κ2) is 5.06. The van der Waals surface area contributed by atoms with Gasteiger partial charge in [-0.25, -0.2) is 4.98 Å². The van der Waals surface area contributed by atoms with Gasteiger partial charge in [-0.15, -0.1) is 0 Å². The Bertz CT molecular complexity index is 593. The Hall–Kier alpha value is -2.42. The number of allylic oxidation sites excluding steroid dienone is 1. The first-order chi connectivity index (χ1) is 9.34. The van der Waals surface area contributed by atoms with E-state index in [0.29, 0.717) is 6.42 Å². The second-order valence-electron chi connectivity index (χ2n) is 4.51. The zero-order chi connectivity index (χ0) is 13.1. The van der Waals surface area contributed by atoms with Crippen LogP contribution in [0.25, 0.3) is 0 Å². The summed E-state index contributed by atoms with van der Waals surface area (Å²) in [5.74, 6) is 1.01. The van der Waals surface area contributed by atoms with Crippen LogP contribution in [0.3, 0.4) is 0 Å². The van der Waals surface area contributed by atoms with E-state index in [1.165, 1.54) is 0 Å². The quantitative estimate of drug-likeness (QED) is 0.821. The van der Waals surface area contributed by atoms with Crippen molar-refractivity contribution in [3.05, 3.63) is 72.6 Å². The highest BCUT2D eigenvalue weighted by Crippen LogP contribution is 2.31. The Kier molecular flexibility index (Phi) is 3.11. The van der Waals surface area contributed by atoms with E-state index in [1.54, 1.807) is 12.3 Å². The highest BCUT2D eigenvalue weighted by molar-refractivity contribution is 5.92. The molecule has 0 aliphatic carbocycles. The molecule has 1 aromatic carbocycles. The summed E-state index contributed by atoms with van der Waals surface area (Å²) in [6, 6.07) is 15.9. The summed E-state index contributed by atoms with van der Waals surface area (Å²) in [5.41, 5.74) is 1.13. The minimum Gasteiger partial charge on any atom is -0.325 e. The van der Waals surface area contributed by atoms with Crippen molar-refractivity contribution in [2.24, 2.45) is 0 Å². The number of hydrogen-bond donors (Lipinski definition) is 0. The molecule has 0 spiro atoms. The summed E-state index contributed by atoms with van der Waals surface area (Å²) < 4.78 is 0. The monoisotopic (exact) mass is 250 g/mol. The fourth-order valence-electron chi connectivity index (χ4n) is 2.32. The van der Waals surface area contributed by atoms with E-state index in [4.69, 9.17) is 0 Å². The van der Waals surface area contributed by atoms with Crippen LogP contribution < -0.4 is 4.90 Å². The maximum atomic E-state index is 11.7. The summed E-state index contributed by atoms with van der Waals surface area (Å²) >= 11 is 0. The number of pyridine rings is 1. The van der Waals surface area contributed by atoms with Crippen LogP contribution in [0.1, 0.15) is 18.0 Å². The minimum absolute atomic E-state index is 0.0219. The third-order valence-corrected chi connectivity index (χ3v) is 3.25. The van der Waals surface area contributed by atoms with Gasteiger partial charge in [0.25, 0.3) is 0 Å². The molecule has 3 heteroatoms. The van der Waals surface area contributed by atoms with Crippen molar-refractivity contribution in [3.63, 3.8) is 0 Å². The number of carbonyl (C=O) groups is 1. The third kappa shape index (κ3) is 2.40. The summed E-state index contributed by atoms with van der Waals surface area (Å²) in [4.78, 5) is 18.1. The molecule has 1 unspecified atom stereocenters. The molecule has 0 saturated carbocycles. The van der Waals surface area contributed by atoms with Crippen LogP contribution in [0.5, 0.6) is 0 Å². The van der Waals surface area contributed by atoms with E-state index in [0.717, 1.165) is 11.4 Å². The Morgan fingerprint density at radius 2 is 1.84 bits per heavy atom. The lowest BCUT2D eigenvalue weighted by Crippen LogP contribution is -2.29. The summed E-state index contributed by atoms with van der Waals surface area (Å²) in [7, 11) is 0. The van der Waals surface area contributed by atoms with Crippen molar-refractivity contribution < 1.29 is 4.79 Å². The van der Waals surface area contributed by atoms with Crippen LogP contribution >= 0.6 is 0 Å². The number of aromatic nitrogens is 1. The standard InChI is InChI=1S/C16H14N2O/c19-14-9-11-18(16-8-4-5-10-17-16)15(12-14)13-6-2-1-3-7-13/h1-11,15H,12H2. The van der Waals surface area contributed by atoms with Crippen LogP contribution in [0.2, 0.25) is 0 Å². The van der Waals surface area contributed by atoms with Crippen LogP contribution in [-0.4, -0.2) is 10.8 Å².